The van der Waals surface area contributed by atoms with Gasteiger partial charge in [-0.15, -0.1) is 12.8 Å². The van der Waals surface area contributed by atoms with Gasteiger partial charge in [-0.3, -0.25) is 0 Å². The predicted octanol–water partition coefficient (Wildman–Crippen LogP) is 5.20. The van der Waals surface area contributed by atoms with Gasteiger partial charge in [0.05, 0.1) is 0 Å². The van der Waals surface area contributed by atoms with Crippen LogP contribution in [0.4, 0.5) is 0 Å². The fourth-order valence-corrected chi connectivity index (χ4v) is 3.42. The molecule has 1 nitrogen and oxygen atoms in total. The highest BCUT2D eigenvalue weighted by Crippen LogP contribution is 2.29. The SMILES string of the molecule is C#C.CC.CCc1cc(C)c(CC2CCCC(N)C2)c(C)c1. The molecule has 1 aromatic rings. The molecule has 0 saturated heterocycles. The fraction of sp³-hybridized carbons (Fsp3) is 0.619. The average molecular weight is 302 g/mol. The van der Waals surface area contributed by atoms with Crippen LogP contribution < -0.4 is 5.73 Å². The maximum absolute atomic E-state index is 6.10. The Morgan fingerprint density at radius 1 is 1.09 bits per heavy atom. The molecule has 0 bridgehead atoms. The summed E-state index contributed by atoms with van der Waals surface area (Å²) in [5, 5.41) is 0. The van der Waals surface area contributed by atoms with E-state index in [1.54, 1.807) is 5.56 Å². The molecular formula is C21H35N. The summed E-state index contributed by atoms with van der Waals surface area (Å²) in [6, 6.07) is 5.18. The first-order valence-corrected chi connectivity index (χ1v) is 8.78. The van der Waals surface area contributed by atoms with Gasteiger partial charge in [0, 0.05) is 6.04 Å². The summed E-state index contributed by atoms with van der Waals surface area (Å²) in [7, 11) is 0. The number of rotatable bonds is 3. The first-order chi connectivity index (χ1) is 10.6. The van der Waals surface area contributed by atoms with E-state index in [0.717, 1.165) is 12.3 Å². The molecule has 1 aromatic carbocycles. The summed E-state index contributed by atoms with van der Waals surface area (Å²) in [6.45, 7) is 10.8. The van der Waals surface area contributed by atoms with Gasteiger partial charge in [0.15, 0.2) is 0 Å². The monoisotopic (exact) mass is 301 g/mol. The van der Waals surface area contributed by atoms with Crippen LogP contribution in [0.2, 0.25) is 0 Å². The Morgan fingerprint density at radius 2 is 1.64 bits per heavy atom. The Morgan fingerprint density at radius 3 is 2.09 bits per heavy atom. The molecule has 2 N–H and O–H groups in total. The zero-order chi connectivity index (χ0) is 17.1. The molecule has 1 saturated carbocycles. The van der Waals surface area contributed by atoms with Crippen molar-refractivity contribution in [3.63, 3.8) is 0 Å². The molecule has 1 aliphatic rings. The summed E-state index contributed by atoms with van der Waals surface area (Å²) in [5.41, 5.74) is 12.1. The van der Waals surface area contributed by atoms with Gasteiger partial charge in [-0.05, 0) is 67.7 Å². The smallest absolute Gasteiger partial charge is 0.00415 e. The molecule has 0 heterocycles. The lowest BCUT2D eigenvalue weighted by Crippen LogP contribution is -2.28. The third kappa shape index (κ3) is 6.24. The van der Waals surface area contributed by atoms with Gasteiger partial charge in [-0.2, -0.15) is 0 Å². The van der Waals surface area contributed by atoms with E-state index in [4.69, 9.17) is 5.73 Å². The van der Waals surface area contributed by atoms with Crippen molar-refractivity contribution >= 4 is 0 Å². The third-order valence-electron chi connectivity index (χ3n) is 4.48. The first kappa shape index (κ1) is 20.7. The van der Waals surface area contributed by atoms with Gasteiger partial charge in [0.25, 0.3) is 0 Å². The molecule has 1 aliphatic carbocycles. The van der Waals surface area contributed by atoms with Crippen molar-refractivity contribution in [3.8, 4) is 12.8 Å². The molecule has 22 heavy (non-hydrogen) atoms. The molecule has 2 unspecified atom stereocenters. The minimum atomic E-state index is 0.444. The summed E-state index contributed by atoms with van der Waals surface area (Å²) in [4.78, 5) is 0. The summed E-state index contributed by atoms with van der Waals surface area (Å²) >= 11 is 0. The molecule has 1 heteroatoms. The normalized spacial score (nSPS) is 20.2. The predicted molar refractivity (Wildman–Crippen MR) is 100 cm³/mol. The van der Waals surface area contributed by atoms with Crippen molar-refractivity contribution in [1.29, 1.82) is 0 Å². The molecule has 1 fully saturated rings. The van der Waals surface area contributed by atoms with E-state index in [0.29, 0.717) is 6.04 Å². The van der Waals surface area contributed by atoms with Crippen LogP contribution in [0.25, 0.3) is 0 Å². The maximum atomic E-state index is 6.10. The van der Waals surface area contributed by atoms with Crippen LogP contribution in [-0.2, 0) is 12.8 Å². The zero-order valence-electron chi connectivity index (χ0n) is 15.3. The molecule has 124 valence electrons. The van der Waals surface area contributed by atoms with Gasteiger partial charge < -0.3 is 5.73 Å². The second-order valence-electron chi connectivity index (χ2n) is 6.06. The van der Waals surface area contributed by atoms with Crippen LogP contribution in [0.15, 0.2) is 12.1 Å². The van der Waals surface area contributed by atoms with Crippen molar-refractivity contribution in [1.82, 2.24) is 0 Å². The van der Waals surface area contributed by atoms with Gasteiger partial charge in [0.1, 0.15) is 0 Å². The third-order valence-corrected chi connectivity index (χ3v) is 4.48. The van der Waals surface area contributed by atoms with E-state index in [1.807, 2.05) is 13.8 Å². The van der Waals surface area contributed by atoms with Gasteiger partial charge >= 0.3 is 0 Å². The second-order valence-corrected chi connectivity index (χ2v) is 6.06. The maximum Gasteiger partial charge on any atom is 0.00415 e. The molecule has 0 amide bonds. The van der Waals surface area contributed by atoms with E-state index in [1.165, 1.54) is 48.8 Å². The molecule has 2 rings (SSSR count). The van der Waals surface area contributed by atoms with Crippen molar-refractivity contribution in [2.45, 2.75) is 79.2 Å². The van der Waals surface area contributed by atoms with Crippen LogP contribution in [0.5, 0.6) is 0 Å². The Kier molecular flexibility index (Phi) is 10.7. The average Bonchev–Trinajstić information content (AvgIpc) is 2.54. The van der Waals surface area contributed by atoms with Crippen molar-refractivity contribution in [3.05, 3.63) is 34.4 Å². The van der Waals surface area contributed by atoms with E-state index in [-0.39, 0.29) is 0 Å². The highest BCUT2D eigenvalue weighted by atomic mass is 14.6. The highest BCUT2D eigenvalue weighted by Gasteiger charge is 2.20. The molecule has 0 spiro atoms. The minimum absolute atomic E-state index is 0.444. The fourth-order valence-electron chi connectivity index (χ4n) is 3.42. The van der Waals surface area contributed by atoms with Gasteiger partial charge in [0.2, 0.25) is 0 Å². The summed E-state index contributed by atoms with van der Waals surface area (Å²) in [6.07, 6.45) is 15.5. The molecule has 0 aliphatic heterocycles. The Hall–Kier alpha value is -1.26. The Balaban J connectivity index is 0.00000102. The van der Waals surface area contributed by atoms with Crippen molar-refractivity contribution < 1.29 is 0 Å². The molecule has 2 atom stereocenters. The van der Waals surface area contributed by atoms with Crippen molar-refractivity contribution in [2.75, 3.05) is 0 Å². The number of aryl methyl sites for hydroxylation is 3. The van der Waals surface area contributed by atoms with Crippen LogP contribution in [0.3, 0.4) is 0 Å². The van der Waals surface area contributed by atoms with Crippen LogP contribution in [-0.4, -0.2) is 6.04 Å². The lowest BCUT2D eigenvalue weighted by Gasteiger charge is -2.27. The van der Waals surface area contributed by atoms with Crippen LogP contribution in [0, 0.1) is 32.6 Å². The largest absolute Gasteiger partial charge is 0.328 e. The topological polar surface area (TPSA) is 26.0 Å². The van der Waals surface area contributed by atoms with Gasteiger partial charge in [-0.25, -0.2) is 0 Å². The first-order valence-electron chi connectivity index (χ1n) is 8.78. The van der Waals surface area contributed by atoms with Crippen LogP contribution >= 0.6 is 0 Å². The van der Waals surface area contributed by atoms with Crippen LogP contribution in [0.1, 0.15) is 68.7 Å². The molecule has 0 radical (unpaired) electrons. The second kappa shape index (κ2) is 11.3. The number of benzene rings is 1. The number of nitrogens with two attached hydrogens (primary N) is 1. The number of hydrogen-bond acceptors (Lipinski definition) is 1. The van der Waals surface area contributed by atoms with E-state index >= 15 is 0 Å². The van der Waals surface area contributed by atoms with E-state index < -0.39 is 0 Å². The Bertz CT molecular complexity index is 421. The van der Waals surface area contributed by atoms with Crippen molar-refractivity contribution in [2.24, 2.45) is 11.7 Å². The molecular weight excluding hydrogens is 266 g/mol. The highest BCUT2D eigenvalue weighted by molar-refractivity contribution is 5.38. The number of terminal acetylenes is 1. The minimum Gasteiger partial charge on any atom is -0.328 e. The zero-order valence-corrected chi connectivity index (χ0v) is 15.3. The summed E-state index contributed by atoms with van der Waals surface area (Å²) < 4.78 is 0. The quantitative estimate of drug-likeness (QED) is 0.763. The van der Waals surface area contributed by atoms with E-state index in [9.17, 15) is 0 Å². The Labute approximate surface area is 138 Å². The van der Waals surface area contributed by atoms with E-state index in [2.05, 4.69) is 45.8 Å². The summed E-state index contributed by atoms with van der Waals surface area (Å²) in [5.74, 6) is 0.804. The lowest BCUT2D eigenvalue weighted by molar-refractivity contribution is 0.320. The lowest BCUT2D eigenvalue weighted by atomic mass is 9.80. The number of hydrogen-bond donors (Lipinski definition) is 1. The van der Waals surface area contributed by atoms with Gasteiger partial charge in [-0.1, -0.05) is 45.7 Å². The molecule has 0 aromatic heterocycles. The standard InChI is InChI=1S/C17H27N.C2H6.C2H2/c1-4-14-8-12(2)17(13(3)9-14)11-15-6-5-7-16(18)10-15;2*1-2/h8-9,15-16H,4-7,10-11,18H2,1-3H3;1-2H3;1-2H.